The van der Waals surface area contributed by atoms with Crippen LogP contribution in [-0.2, 0) is 30.9 Å². The molecule has 1 aromatic heterocycles. The van der Waals surface area contributed by atoms with Crippen molar-refractivity contribution in [2.75, 3.05) is 19.7 Å². The Morgan fingerprint density at radius 3 is 2.71 bits per heavy atom. The fourth-order valence-corrected chi connectivity index (χ4v) is 4.68. The third kappa shape index (κ3) is 5.63. The van der Waals surface area contributed by atoms with Gasteiger partial charge in [0.2, 0.25) is 10.0 Å². The van der Waals surface area contributed by atoms with Crippen LogP contribution in [0.15, 0.2) is 47.5 Å². The maximum absolute atomic E-state index is 13.5. The lowest BCUT2D eigenvalue weighted by molar-refractivity contribution is -0.140. The van der Waals surface area contributed by atoms with Crippen LogP contribution in [0.2, 0.25) is 0 Å². The molecule has 2 heterocycles. The molecular weight excluding hydrogens is 427 g/mol. The zero-order valence-corrected chi connectivity index (χ0v) is 17.7. The summed E-state index contributed by atoms with van der Waals surface area (Å²) in [5, 5.41) is 4.84. The molecule has 0 spiro atoms. The molecular formula is C20H23FN4O5S. The maximum atomic E-state index is 13.5. The molecule has 1 aromatic carbocycles. The van der Waals surface area contributed by atoms with Crippen molar-refractivity contribution in [3.05, 3.63) is 59.7 Å². The van der Waals surface area contributed by atoms with Gasteiger partial charge in [-0.15, -0.1) is 0 Å². The van der Waals surface area contributed by atoms with E-state index in [0.29, 0.717) is 18.7 Å². The lowest BCUT2D eigenvalue weighted by atomic mass is 10.2. The number of amides is 2. The molecule has 11 heteroatoms. The number of sulfonamides is 1. The summed E-state index contributed by atoms with van der Waals surface area (Å²) in [6.45, 7) is 1.82. The summed E-state index contributed by atoms with van der Waals surface area (Å²) in [6, 6.07) is 8.72. The van der Waals surface area contributed by atoms with Crippen LogP contribution in [-0.4, -0.2) is 55.4 Å². The predicted molar refractivity (Wildman–Crippen MR) is 108 cm³/mol. The van der Waals surface area contributed by atoms with Crippen molar-refractivity contribution >= 4 is 21.8 Å². The summed E-state index contributed by atoms with van der Waals surface area (Å²) in [5.41, 5.74) is 0.791. The number of rotatable bonds is 6. The van der Waals surface area contributed by atoms with Gasteiger partial charge in [-0.05, 0) is 49.2 Å². The highest BCUT2D eigenvalue weighted by atomic mass is 32.2. The SMILES string of the molecule is Cc1cc(S(=O)(=O)N2CCCO[C@@H]2CNC(=O)C(=O)NCc2ccccn2)ccc1F. The zero-order chi connectivity index (χ0) is 22.4. The number of benzene rings is 1. The number of hydrogen-bond acceptors (Lipinski definition) is 6. The minimum absolute atomic E-state index is 0.0682. The Hall–Kier alpha value is -2.89. The minimum atomic E-state index is -3.98. The van der Waals surface area contributed by atoms with Gasteiger partial charge >= 0.3 is 11.8 Å². The van der Waals surface area contributed by atoms with Gasteiger partial charge in [0, 0.05) is 12.7 Å². The molecule has 0 radical (unpaired) electrons. The normalized spacial score (nSPS) is 17.2. The number of hydrogen-bond donors (Lipinski definition) is 2. The molecule has 0 unspecified atom stereocenters. The molecule has 0 saturated carbocycles. The van der Waals surface area contributed by atoms with Crippen molar-refractivity contribution in [1.29, 1.82) is 0 Å². The summed E-state index contributed by atoms with van der Waals surface area (Å²) in [6.07, 6.45) is 1.05. The zero-order valence-electron chi connectivity index (χ0n) is 16.9. The second kappa shape index (κ2) is 9.94. The lowest BCUT2D eigenvalue weighted by Crippen LogP contribution is -2.53. The molecule has 3 rings (SSSR count). The third-order valence-corrected chi connectivity index (χ3v) is 6.57. The van der Waals surface area contributed by atoms with Crippen LogP contribution in [0.3, 0.4) is 0 Å². The lowest BCUT2D eigenvalue weighted by Gasteiger charge is -2.34. The number of carbonyl (C=O) groups is 2. The van der Waals surface area contributed by atoms with E-state index in [-0.39, 0.29) is 30.1 Å². The van der Waals surface area contributed by atoms with E-state index in [1.165, 1.54) is 19.1 Å². The Morgan fingerprint density at radius 2 is 2.00 bits per heavy atom. The van der Waals surface area contributed by atoms with Crippen molar-refractivity contribution in [1.82, 2.24) is 19.9 Å². The summed E-state index contributed by atoms with van der Waals surface area (Å²) >= 11 is 0. The standard InChI is InChI=1S/C20H23FN4O5S/c1-14-11-16(6-7-17(14)21)31(28,29)25-9-4-10-30-18(25)13-24-20(27)19(26)23-12-15-5-2-3-8-22-15/h2-3,5-8,11,18H,4,9-10,12-13H2,1H3,(H,23,26)(H,24,27)/t18-/m1/s1. The monoisotopic (exact) mass is 450 g/mol. The minimum Gasteiger partial charge on any atom is -0.360 e. The van der Waals surface area contributed by atoms with E-state index in [2.05, 4.69) is 15.6 Å². The first-order chi connectivity index (χ1) is 14.8. The van der Waals surface area contributed by atoms with E-state index >= 15 is 0 Å². The van der Waals surface area contributed by atoms with E-state index in [1.807, 2.05) is 0 Å². The number of pyridine rings is 1. The number of aryl methyl sites for hydroxylation is 1. The highest BCUT2D eigenvalue weighted by Crippen LogP contribution is 2.23. The van der Waals surface area contributed by atoms with Gasteiger partial charge in [-0.3, -0.25) is 14.6 Å². The average molecular weight is 450 g/mol. The first kappa shape index (κ1) is 22.8. The first-order valence-electron chi connectivity index (χ1n) is 9.64. The molecule has 2 N–H and O–H groups in total. The number of halogens is 1. The van der Waals surface area contributed by atoms with Gasteiger partial charge in [0.25, 0.3) is 0 Å². The van der Waals surface area contributed by atoms with Crippen LogP contribution in [0.4, 0.5) is 4.39 Å². The van der Waals surface area contributed by atoms with E-state index < -0.39 is 33.9 Å². The third-order valence-electron chi connectivity index (χ3n) is 4.69. The molecule has 166 valence electrons. The highest BCUT2D eigenvalue weighted by Gasteiger charge is 2.35. The molecule has 2 amide bonds. The van der Waals surface area contributed by atoms with Gasteiger partial charge in [0.15, 0.2) is 0 Å². The number of nitrogens with zero attached hydrogens (tertiary/aromatic N) is 2. The van der Waals surface area contributed by atoms with Crippen LogP contribution in [0, 0.1) is 12.7 Å². The Morgan fingerprint density at radius 1 is 1.23 bits per heavy atom. The van der Waals surface area contributed by atoms with Crippen LogP contribution in [0.5, 0.6) is 0 Å². The number of aromatic nitrogens is 1. The maximum Gasteiger partial charge on any atom is 0.309 e. The predicted octanol–water partition coefficient (Wildman–Crippen LogP) is 0.699. The largest absolute Gasteiger partial charge is 0.360 e. The fourth-order valence-electron chi connectivity index (χ4n) is 3.03. The molecule has 31 heavy (non-hydrogen) atoms. The summed E-state index contributed by atoms with van der Waals surface area (Å²) in [4.78, 5) is 28.1. The van der Waals surface area contributed by atoms with Crippen molar-refractivity contribution in [2.45, 2.75) is 31.0 Å². The van der Waals surface area contributed by atoms with Crippen molar-refractivity contribution < 1.29 is 27.1 Å². The number of nitrogens with one attached hydrogen (secondary N) is 2. The molecule has 0 bridgehead atoms. The Bertz CT molecular complexity index is 1050. The van der Waals surface area contributed by atoms with Gasteiger partial charge in [-0.25, -0.2) is 12.8 Å². The number of carbonyl (C=O) groups excluding carboxylic acids is 2. The van der Waals surface area contributed by atoms with Crippen molar-refractivity contribution in [2.24, 2.45) is 0 Å². The summed E-state index contributed by atoms with van der Waals surface area (Å²) in [7, 11) is -3.98. The van der Waals surface area contributed by atoms with E-state index in [1.54, 1.807) is 24.4 Å². The fraction of sp³-hybridized carbons (Fsp3) is 0.350. The van der Waals surface area contributed by atoms with E-state index in [4.69, 9.17) is 4.74 Å². The molecule has 1 aliphatic rings. The Kier molecular flexibility index (Phi) is 7.31. The molecule has 1 aliphatic heterocycles. The molecule has 2 aromatic rings. The highest BCUT2D eigenvalue weighted by molar-refractivity contribution is 7.89. The van der Waals surface area contributed by atoms with Crippen LogP contribution < -0.4 is 10.6 Å². The first-order valence-corrected chi connectivity index (χ1v) is 11.1. The van der Waals surface area contributed by atoms with Crippen LogP contribution in [0.25, 0.3) is 0 Å². The summed E-state index contributed by atoms with van der Waals surface area (Å²) in [5.74, 6) is -2.29. The van der Waals surface area contributed by atoms with E-state index in [0.717, 1.165) is 10.4 Å². The van der Waals surface area contributed by atoms with Gasteiger partial charge in [-0.2, -0.15) is 4.31 Å². The molecule has 1 saturated heterocycles. The van der Waals surface area contributed by atoms with Crippen molar-refractivity contribution in [3.8, 4) is 0 Å². The van der Waals surface area contributed by atoms with Crippen LogP contribution in [0.1, 0.15) is 17.7 Å². The molecule has 1 atom stereocenters. The summed E-state index contributed by atoms with van der Waals surface area (Å²) < 4.78 is 46.2. The Balaban J connectivity index is 1.62. The second-order valence-corrected chi connectivity index (χ2v) is 8.81. The van der Waals surface area contributed by atoms with Crippen molar-refractivity contribution in [3.63, 3.8) is 0 Å². The average Bonchev–Trinajstić information content (AvgIpc) is 2.78. The quantitative estimate of drug-likeness (QED) is 0.626. The second-order valence-electron chi connectivity index (χ2n) is 6.92. The number of ether oxygens (including phenoxy) is 1. The van der Waals surface area contributed by atoms with Crippen LogP contribution >= 0.6 is 0 Å². The Labute approximate surface area is 179 Å². The van der Waals surface area contributed by atoms with Gasteiger partial charge < -0.3 is 15.4 Å². The topological polar surface area (TPSA) is 118 Å². The molecule has 1 fully saturated rings. The van der Waals surface area contributed by atoms with Gasteiger partial charge in [0.05, 0.1) is 30.3 Å². The van der Waals surface area contributed by atoms with Gasteiger partial charge in [0.1, 0.15) is 12.0 Å². The smallest absolute Gasteiger partial charge is 0.309 e. The molecule has 0 aliphatic carbocycles. The van der Waals surface area contributed by atoms with Gasteiger partial charge in [-0.1, -0.05) is 6.07 Å². The molecule has 9 nitrogen and oxygen atoms in total. The van der Waals surface area contributed by atoms with E-state index in [9.17, 15) is 22.4 Å².